The van der Waals surface area contributed by atoms with Gasteiger partial charge in [0, 0.05) is 24.3 Å². The number of esters is 1. The summed E-state index contributed by atoms with van der Waals surface area (Å²) in [5.41, 5.74) is 0.823. The van der Waals surface area contributed by atoms with E-state index in [1.807, 2.05) is 0 Å². The number of halogens is 1. The van der Waals surface area contributed by atoms with Gasteiger partial charge in [-0.15, -0.1) is 0 Å². The van der Waals surface area contributed by atoms with Gasteiger partial charge in [-0.2, -0.15) is 0 Å². The second kappa shape index (κ2) is 8.56. The summed E-state index contributed by atoms with van der Waals surface area (Å²) in [7, 11) is 0. The van der Waals surface area contributed by atoms with Crippen LogP contribution in [-0.4, -0.2) is 37.7 Å². The Hall–Kier alpha value is -1.85. The summed E-state index contributed by atoms with van der Waals surface area (Å²) in [5.74, 6) is -0.897. The van der Waals surface area contributed by atoms with Gasteiger partial charge in [0.05, 0.1) is 6.10 Å². The molecular weight excluding hydrogens is 306 g/mol. The van der Waals surface area contributed by atoms with E-state index in [0.717, 1.165) is 25.0 Å². The van der Waals surface area contributed by atoms with Crippen molar-refractivity contribution in [3.63, 3.8) is 0 Å². The molecule has 0 aromatic heterocycles. The lowest BCUT2D eigenvalue weighted by molar-refractivity contribution is -0.143. The molecule has 2 rings (SSSR count). The molecule has 1 aromatic carbocycles. The van der Waals surface area contributed by atoms with Gasteiger partial charge in [0.2, 0.25) is 0 Å². The molecular formula is C16H18ClNO4. The van der Waals surface area contributed by atoms with Crippen molar-refractivity contribution in [2.75, 3.05) is 19.8 Å². The van der Waals surface area contributed by atoms with Crippen LogP contribution in [0.1, 0.15) is 18.4 Å². The smallest absolute Gasteiger partial charge is 0.331 e. The predicted octanol–water partition coefficient (Wildman–Crippen LogP) is 2.19. The SMILES string of the molecule is O=C(COC(=O)/C=C/c1ccc(Cl)cc1)NC[C@H]1CCCO1. The topological polar surface area (TPSA) is 64.6 Å². The Kier molecular flexibility index (Phi) is 6.43. The second-order valence-electron chi connectivity index (χ2n) is 4.93. The molecule has 1 N–H and O–H groups in total. The lowest BCUT2D eigenvalue weighted by atomic mass is 10.2. The highest BCUT2D eigenvalue weighted by Crippen LogP contribution is 2.11. The minimum absolute atomic E-state index is 0.0736. The number of benzene rings is 1. The van der Waals surface area contributed by atoms with Crippen molar-refractivity contribution < 1.29 is 19.1 Å². The third-order valence-electron chi connectivity index (χ3n) is 3.18. The van der Waals surface area contributed by atoms with Gasteiger partial charge < -0.3 is 14.8 Å². The van der Waals surface area contributed by atoms with Crippen LogP contribution in [0, 0.1) is 0 Å². The number of carbonyl (C=O) groups excluding carboxylic acids is 2. The van der Waals surface area contributed by atoms with Crippen LogP contribution >= 0.6 is 11.6 Å². The van der Waals surface area contributed by atoms with Gasteiger partial charge in [0.25, 0.3) is 5.91 Å². The molecule has 0 unspecified atom stereocenters. The lowest BCUT2D eigenvalue weighted by Gasteiger charge is -2.10. The molecule has 0 aliphatic carbocycles. The first kappa shape index (κ1) is 16.5. The number of ether oxygens (including phenoxy) is 2. The minimum atomic E-state index is -0.567. The fraction of sp³-hybridized carbons (Fsp3) is 0.375. The Morgan fingerprint density at radius 2 is 2.14 bits per heavy atom. The van der Waals surface area contributed by atoms with Crippen molar-refractivity contribution in [2.45, 2.75) is 18.9 Å². The highest BCUT2D eigenvalue weighted by Gasteiger charge is 2.16. The van der Waals surface area contributed by atoms with Gasteiger partial charge in [-0.25, -0.2) is 4.79 Å². The van der Waals surface area contributed by atoms with Crippen LogP contribution in [0.15, 0.2) is 30.3 Å². The zero-order valence-corrected chi connectivity index (χ0v) is 12.8. The molecule has 1 amide bonds. The fourth-order valence-corrected chi connectivity index (χ4v) is 2.13. The number of rotatable bonds is 6. The summed E-state index contributed by atoms with van der Waals surface area (Å²) in [5, 5.41) is 3.31. The molecule has 0 spiro atoms. The average molecular weight is 324 g/mol. The largest absolute Gasteiger partial charge is 0.452 e. The normalized spacial score (nSPS) is 17.6. The molecule has 5 nitrogen and oxygen atoms in total. The first-order chi connectivity index (χ1) is 10.6. The van der Waals surface area contributed by atoms with Crippen molar-refractivity contribution in [2.24, 2.45) is 0 Å². The maximum Gasteiger partial charge on any atom is 0.331 e. The molecule has 0 bridgehead atoms. The van der Waals surface area contributed by atoms with Crippen molar-refractivity contribution >= 4 is 29.6 Å². The second-order valence-corrected chi connectivity index (χ2v) is 5.37. The van der Waals surface area contributed by atoms with E-state index in [1.165, 1.54) is 6.08 Å². The molecule has 6 heteroatoms. The Bertz CT molecular complexity index is 536. The van der Waals surface area contributed by atoms with Crippen LogP contribution in [0.5, 0.6) is 0 Å². The summed E-state index contributed by atoms with van der Waals surface area (Å²) in [6.07, 6.45) is 4.92. The molecule has 1 aliphatic heterocycles. The maximum atomic E-state index is 11.5. The van der Waals surface area contributed by atoms with Crippen LogP contribution < -0.4 is 5.32 Å². The molecule has 1 fully saturated rings. The summed E-state index contributed by atoms with van der Waals surface area (Å²) in [6.45, 7) is 0.901. The van der Waals surface area contributed by atoms with E-state index in [9.17, 15) is 9.59 Å². The third kappa shape index (κ3) is 5.87. The number of hydrogen-bond donors (Lipinski definition) is 1. The Morgan fingerprint density at radius 1 is 1.36 bits per heavy atom. The molecule has 1 saturated heterocycles. The van der Waals surface area contributed by atoms with E-state index >= 15 is 0 Å². The van der Waals surface area contributed by atoms with Gasteiger partial charge in [0.1, 0.15) is 0 Å². The van der Waals surface area contributed by atoms with Crippen LogP contribution in [0.25, 0.3) is 6.08 Å². The van der Waals surface area contributed by atoms with Crippen molar-refractivity contribution in [1.29, 1.82) is 0 Å². The van der Waals surface area contributed by atoms with E-state index < -0.39 is 5.97 Å². The first-order valence-electron chi connectivity index (χ1n) is 7.12. The minimum Gasteiger partial charge on any atom is -0.452 e. The summed E-state index contributed by atoms with van der Waals surface area (Å²) >= 11 is 5.77. The molecule has 0 radical (unpaired) electrons. The predicted molar refractivity (Wildman–Crippen MR) is 83.4 cm³/mol. The summed E-state index contributed by atoms with van der Waals surface area (Å²) in [4.78, 5) is 23.0. The first-order valence-corrected chi connectivity index (χ1v) is 7.50. The molecule has 22 heavy (non-hydrogen) atoms. The standard InChI is InChI=1S/C16H18ClNO4/c17-13-6-3-12(4-7-13)5-8-16(20)22-11-15(19)18-10-14-2-1-9-21-14/h3-8,14H,1-2,9-11H2,(H,18,19)/b8-5+/t14-/m1/s1. The Balaban J connectivity index is 1.66. The number of carbonyl (C=O) groups is 2. The number of amides is 1. The molecule has 118 valence electrons. The molecule has 1 heterocycles. The molecule has 1 aliphatic rings. The highest BCUT2D eigenvalue weighted by molar-refractivity contribution is 6.30. The van der Waals surface area contributed by atoms with Gasteiger partial charge in [-0.1, -0.05) is 23.7 Å². The van der Waals surface area contributed by atoms with Gasteiger partial charge >= 0.3 is 5.97 Å². The van der Waals surface area contributed by atoms with Crippen LogP contribution in [0.2, 0.25) is 5.02 Å². The fourth-order valence-electron chi connectivity index (χ4n) is 2.01. The van der Waals surface area contributed by atoms with Gasteiger partial charge in [-0.3, -0.25) is 4.79 Å². The summed E-state index contributed by atoms with van der Waals surface area (Å²) in [6, 6.07) is 7.01. The zero-order chi connectivity index (χ0) is 15.8. The van der Waals surface area contributed by atoms with Crippen molar-refractivity contribution in [3.8, 4) is 0 Å². The van der Waals surface area contributed by atoms with E-state index in [4.69, 9.17) is 21.1 Å². The quantitative estimate of drug-likeness (QED) is 0.644. The van der Waals surface area contributed by atoms with Crippen LogP contribution in [-0.2, 0) is 19.1 Å². The Labute approximate surface area is 134 Å². The monoisotopic (exact) mass is 323 g/mol. The molecule has 1 atom stereocenters. The van der Waals surface area contributed by atoms with E-state index in [1.54, 1.807) is 30.3 Å². The Morgan fingerprint density at radius 3 is 2.82 bits per heavy atom. The van der Waals surface area contributed by atoms with Crippen LogP contribution in [0.4, 0.5) is 0 Å². The van der Waals surface area contributed by atoms with Gasteiger partial charge in [-0.05, 0) is 36.6 Å². The maximum absolute atomic E-state index is 11.5. The number of hydrogen-bond acceptors (Lipinski definition) is 4. The van der Waals surface area contributed by atoms with E-state index in [2.05, 4.69) is 5.32 Å². The highest BCUT2D eigenvalue weighted by atomic mass is 35.5. The third-order valence-corrected chi connectivity index (χ3v) is 3.43. The summed E-state index contributed by atoms with van der Waals surface area (Å²) < 4.78 is 10.2. The average Bonchev–Trinajstić information content (AvgIpc) is 3.04. The van der Waals surface area contributed by atoms with Crippen molar-refractivity contribution in [3.05, 3.63) is 40.9 Å². The van der Waals surface area contributed by atoms with E-state index in [0.29, 0.717) is 11.6 Å². The van der Waals surface area contributed by atoms with Gasteiger partial charge in [0.15, 0.2) is 6.61 Å². The molecule has 0 saturated carbocycles. The zero-order valence-electron chi connectivity index (χ0n) is 12.1. The number of nitrogens with one attached hydrogen (secondary N) is 1. The van der Waals surface area contributed by atoms with E-state index in [-0.39, 0.29) is 18.6 Å². The van der Waals surface area contributed by atoms with Crippen LogP contribution in [0.3, 0.4) is 0 Å². The van der Waals surface area contributed by atoms with Crippen molar-refractivity contribution in [1.82, 2.24) is 5.32 Å². The molecule has 1 aromatic rings. The lowest BCUT2D eigenvalue weighted by Crippen LogP contribution is -2.34.